The number of thioether (sulfide) groups is 1. The number of anilines is 1. The van der Waals surface area contributed by atoms with Gasteiger partial charge in [0.25, 0.3) is 0 Å². The number of rotatable bonds is 7. The van der Waals surface area contributed by atoms with Crippen molar-refractivity contribution >= 4 is 28.6 Å². The molecular weight excluding hydrogens is 490 g/mol. The summed E-state index contributed by atoms with van der Waals surface area (Å²) in [4.78, 5) is 8.28. The summed E-state index contributed by atoms with van der Waals surface area (Å²) in [6.07, 6.45) is -0.440. The molecule has 188 valence electrons. The Bertz CT molecular complexity index is 1450. The first-order chi connectivity index (χ1) is 18.1. The number of aliphatic hydroxyl groups excluding tert-OH is 2. The molecule has 0 radical (unpaired) electrons. The van der Waals surface area contributed by atoms with Crippen molar-refractivity contribution in [3.8, 4) is 22.6 Å². The Balaban J connectivity index is 1.21. The van der Waals surface area contributed by atoms with E-state index in [9.17, 15) is 10.2 Å². The second kappa shape index (κ2) is 9.98. The maximum Gasteiger partial charge on any atom is 0.171 e. The lowest BCUT2D eigenvalue weighted by molar-refractivity contribution is -0.0285. The van der Waals surface area contributed by atoms with Gasteiger partial charge in [0.2, 0.25) is 0 Å². The first-order valence-electron chi connectivity index (χ1n) is 11.9. The van der Waals surface area contributed by atoms with E-state index in [1.165, 1.54) is 6.33 Å². The van der Waals surface area contributed by atoms with E-state index >= 15 is 0 Å². The number of fused-ring (bicyclic) bond motifs is 1. The van der Waals surface area contributed by atoms with Gasteiger partial charge >= 0.3 is 0 Å². The van der Waals surface area contributed by atoms with Crippen molar-refractivity contribution in [1.82, 2.24) is 19.7 Å². The van der Waals surface area contributed by atoms with E-state index in [1.807, 2.05) is 60.7 Å². The second-order valence-electron chi connectivity index (χ2n) is 8.85. The summed E-state index contributed by atoms with van der Waals surface area (Å²) < 4.78 is 13.6. The van der Waals surface area contributed by atoms with Crippen LogP contribution in [0, 0.1) is 0 Å². The average Bonchev–Trinajstić information content (AvgIpc) is 3.63. The minimum absolute atomic E-state index is 0.348. The normalized spacial score (nSPS) is 21.6. The van der Waals surface area contributed by atoms with E-state index in [2.05, 4.69) is 15.1 Å². The van der Waals surface area contributed by atoms with Gasteiger partial charge in [0.05, 0.1) is 11.5 Å². The van der Waals surface area contributed by atoms with Crippen molar-refractivity contribution in [2.24, 2.45) is 0 Å². The van der Waals surface area contributed by atoms with Crippen LogP contribution in [-0.2, 0) is 10.5 Å². The number of nitrogens with two attached hydrogens (primary N) is 1. The number of hydrogen-bond acceptors (Lipinski definition) is 9. The van der Waals surface area contributed by atoms with Gasteiger partial charge < -0.3 is 29.8 Å². The van der Waals surface area contributed by atoms with Crippen molar-refractivity contribution in [1.29, 1.82) is 0 Å². The largest absolute Gasteiger partial charge is 0.387 e. The first kappa shape index (κ1) is 23.7. The molecule has 0 bridgehead atoms. The zero-order valence-electron chi connectivity index (χ0n) is 19.7. The minimum Gasteiger partial charge on any atom is -0.387 e. The fraction of sp³-hybridized carbons (Fsp3) is 0.222. The summed E-state index contributed by atoms with van der Waals surface area (Å²) in [5, 5.41) is 26.6. The van der Waals surface area contributed by atoms with Gasteiger partial charge in [0, 0.05) is 34.4 Å². The minimum atomic E-state index is -1.12. The molecule has 1 aliphatic heterocycles. The lowest BCUT2D eigenvalue weighted by atomic mass is 10.0. The highest BCUT2D eigenvalue weighted by molar-refractivity contribution is 7.98. The smallest absolute Gasteiger partial charge is 0.171 e. The Hall–Kier alpha value is -3.70. The maximum atomic E-state index is 10.8. The molecule has 0 unspecified atom stereocenters. The third kappa shape index (κ3) is 4.38. The predicted molar refractivity (Wildman–Crippen MR) is 141 cm³/mol. The summed E-state index contributed by atoms with van der Waals surface area (Å²) in [6, 6.07) is 21.6. The van der Waals surface area contributed by atoms with Crippen LogP contribution in [0.5, 0.6) is 0 Å². The molecule has 0 aliphatic carbocycles. The van der Waals surface area contributed by atoms with Crippen LogP contribution in [0.25, 0.3) is 33.6 Å². The maximum absolute atomic E-state index is 10.8. The van der Waals surface area contributed by atoms with E-state index in [1.54, 1.807) is 28.6 Å². The van der Waals surface area contributed by atoms with E-state index in [4.69, 9.17) is 15.0 Å². The molecular formula is C27H25N5O4S. The number of nitrogen functional groups attached to an aromatic ring is 1. The van der Waals surface area contributed by atoms with E-state index in [0.717, 1.165) is 22.4 Å². The van der Waals surface area contributed by atoms with E-state index in [-0.39, 0.29) is 0 Å². The molecule has 0 saturated carbocycles. The Kier molecular flexibility index (Phi) is 6.39. The molecule has 1 saturated heterocycles. The van der Waals surface area contributed by atoms with Gasteiger partial charge in [-0.15, -0.1) is 0 Å². The average molecular weight is 516 g/mol. The van der Waals surface area contributed by atoms with Crippen LogP contribution in [0.4, 0.5) is 5.82 Å². The van der Waals surface area contributed by atoms with Crippen LogP contribution in [0.2, 0.25) is 0 Å². The Labute approximate surface area is 216 Å². The number of benzene rings is 2. The van der Waals surface area contributed by atoms with Crippen molar-refractivity contribution in [3.05, 3.63) is 84.8 Å². The lowest BCUT2D eigenvalue weighted by Crippen LogP contribution is -2.32. The summed E-state index contributed by atoms with van der Waals surface area (Å²) in [6.45, 7) is 0. The molecule has 2 aromatic carbocycles. The van der Waals surface area contributed by atoms with Crippen LogP contribution < -0.4 is 5.73 Å². The molecule has 37 heavy (non-hydrogen) atoms. The fourth-order valence-electron chi connectivity index (χ4n) is 4.65. The monoisotopic (exact) mass is 515 g/mol. The Morgan fingerprint density at radius 2 is 1.65 bits per heavy atom. The van der Waals surface area contributed by atoms with Crippen molar-refractivity contribution < 1.29 is 19.5 Å². The van der Waals surface area contributed by atoms with Gasteiger partial charge in [-0.25, -0.2) is 9.97 Å². The number of ether oxygens (including phenoxy) is 1. The first-order valence-corrected chi connectivity index (χ1v) is 13.0. The van der Waals surface area contributed by atoms with Gasteiger partial charge in [0.15, 0.2) is 12.0 Å². The third-order valence-electron chi connectivity index (χ3n) is 6.55. The van der Waals surface area contributed by atoms with E-state index in [0.29, 0.717) is 34.1 Å². The van der Waals surface area contributed by atoms with Crippen LogP contribution >= 0.6 is 11.8 Å². The highest BCUT2D eigenvalue weighted by Gasteiger charge is 2.44. The van der Waals surface area contributed by atoms with Gasteiger partial charge in [0.1, 0.15) is 35.7 Å². The van der Waals surface area contributed by atoms with Crippen LogP contribution in [0.3, 0.4) is 0 Å². The lowest BCUT2D eigenvalue weighted by Gasteiger charge is -2.17. The molecule has 10 heteroatoms. The molecule has 1 aliphatic rings. The highest BCUT2D eigenvalue weighted by atomic mass is 32.2. The quantitative estimate of drug-likeness (QED) is 0.295. The molecule has 6 rings (SSSR count). The van der Waals surface area contributed by atoms with Crippen LogP contribution in [0.15, 0.2) is 83.8 Å². The molecule has 4 N–H and O–H groups in total. The second-order valence-corrected chi connectivity index (χ2v) is 9.88. The summed E-state index contributed by atoms with van der Waals surface area (Å²) in [5.41, 5.74) is 10.2. The molecule has 0 amide bonds. The number of aromatic nitrogens is 4. The SMILES string of the molecule is Nc1ncnc2c1ccn2[C@@H]1O[C@H](CSCc2c(-c3ccccc3)noc2-c2ccccc2)[C@@H](O)[C@H]1O. The molecule has 3 aromatic heterocycles. The van der Waals surface area contributed by atoms with Gasteiger partial charge in [-0.3, -0.25) is 0 Å². The fourth-order valence-corrected chi connectivity index (χ4v) is 5.75. The Morgan fingerprint density at radius 1 is 0.919 bits per heavy atom. The predicted octanol–water partition coefficient (Wildman–Crippen LogP) is 3.89. The highest BCUT2D eigenvalue weighted by Crippen LogP contribution is 2.37. The molecule has 4 atom stereocenters. The molecule has 0 spiro atoms. The molecule has 5 aromatic rings. The third-order valence-corrected chi connectivity index (χ3v) is 7.61. The zero-order chi connectivity index (χ0) is 25.4. The van der Waals surface area contributed by atoms with Gasteiger partial charge in [-0.2, -0.15) is 11.8 Å². The molecule has 4 heterocycles. The number of nitrogens with zero attached hydrogens (tertiary/aromatic N) is 4. The summed E-state index contributed by atoms with van der Waals surface area (Å²) >= 11 is 1.59. The zero-order valence-corrected chi connectivity index (χ0v) is 20.5. The standard InChI is InChI=1S/C27H25N5O4S/c28-25-18-11-12-32(26(18)30-15-29-25)27-23(34)22(33)20(35-27)14-37-13-19-21(16-7-3-1-4-8-16)31-36-24(19)17-9-5-2-6-10-17/h1-12,15,20,22-23,27,33-34H,13-14H2,(H2,28,29,30)/t20-,22-,23-,27-/m1/s1. The number of hydrogen-bond donors (Lipinski definition) is 3. The van der Waals surface area contributed by atoms with Crippen LogP contribution in [-0.4, -0.2) is 54.0 Å². The topological polar surface area (TPSA) is 132 Å². The van der Waals surface area contributed by atoms with Crippen molar-refractivity contribution in [2.75, 3.05) is 11.5 Å². The summed E-state index contributed by atoms with van der Waals surface area (Å²) in [7, 11) is 0. The van der Waals surface area contributed by atoms with Gasteiger partial charge in [-0.1, -0.05) is 65.8 Å². The van der Waals surface area contributed by atoms with Gasteiger partial charge in [-0.05, 0) is 6.07 Å². The van der Waals surface area contributed by atoms with E-state index < -0.39 is 24.5 Å². The summed E-state index contributed by atoms with van der Waals surface area (Å²) in [5.74, 6) is 2.11. The van der Waals surface area contributed by atoms with Crippen LogP contribution in [0.1, 0.15) is 11.8 Å². The Morgan fingerprint density at radius 3 is 2.41 bits per heavy atom. The number of aliphatic hydroxyl groups is 2. The molecule has 9 nitrogen and oxygen atoms in total. The van der Waals surface area contributed by atoms with Crippen molar-refractivity contribution in [2.45, 2.75) is 30.3 Å². The molecule has 1 fully saturated rings. The van der Waals surface area contributed by atoms with Crippen molar-refractivity contribution in [3.63, 3.8) is 0 Å².